The molecule has 1 fully saturated rings. The summed E-state index contributed by atoms with van der Waals surface area (Å²) in [7, 11) is 0. The van der Waals surface area contributed by atoms with Crippen molar-refractivity contribution in [3.05, 3.63) is 0 Å². The third-order valence-electron chi connectivity index (χ3n) is 6.04. The molecule has 0 N–H and O–H groups in total. The molecule has 22 heavy (non-hydrogen) atoms. The fraction of sp³-hybridized carbons (Fsp3) is 1.00. The van der Waals surface area contributed by atoms with Crippen molar-refractivity contribution in [2.45, 2.75) is 136 Å². The lowest BCUT2D eigenvalue weighted by atomic mass is 9.70. The maximum absolute atomic E-state index is 2.34. The maximum Gasteiger partial charge on any atom is -0.0297 e. The third kappa shape index (κ3) is 9.21. The van der Waals surface area contributed by atoms with Crippen molar-refractivity contribution in [1.29, 1.82) is 0 Å². The Bertz CT molecular complexity index is 206. The van der Waals surface area contributed by atoms with Crippen LogP contribution in [0, 0.1) is 5.41 Å². The molecule has 0 spiro atoms. The van der Waals surface area contributed by atoms with Crippen molar-refractivity contribution in [3.63, 3.8) is 0 Å². The first-order valence-corrected chi connectivity index (χ1v) is 10.8. The standard InChI is InChI=1S/C22H44/c1-3-5-7-14-18-22(19-15-8-6-4-2)20-16-12-10-9-11-13-17-21-22/h3-21H2,1-2H3. The zero-order chi connectivity index (χ0) is 15.9. The second kappa shape index (κ2) is 13.4. The van der Waals surface area contributed by atoms with Gasteiger partial charge in [-0.15, -0.1) is 0 Å². The van der Waals surface area contributed by atoms with Crippen LogP contribution >= 0.6 is 0 Å². The number of unbranched alkanes of at least 4 members (excludes halogenated alkanes) is 6. The molecule has 0 amide bonds. The normalized spacial score (nSPS) is 19.9. The Morgan fingerprint density at radius 3 is 1.32 bits per heavy atom. The van der Waals surface area contributed by atoms with E-state index in [0.29, 0.717) is 0 Å². The molecule has 0 aliphatic heterocycles. The highest BCUT2D eigenvalue weighted by Crippen LogP contribution is 2.42. The van der Waals surface area contributed by atoms with E-state index in [1.54, 1.807) is 25.7 Å². The summed E-state index contributed by atoms with van der Waals surface area (Å²) in [4.78, 5) is 0. The number of hydrogen-bond acceptors (Lipinski definition) is 0. The average molecular weight is 309 g/mol. The minimum Gasteiger partial charge on any atom is -0.0654 e. The van der Waals surface area contributed by atoms with Gasteiger partial charge < -0.3 is 0 Å². The first kappa shape index (κ1) is 20.0. The first-order valence-electron chi connectivity index (χ1n) is 10.8. The van der Waals surface area contributed by atoms with Crippen LogP contribution in [0.25, 0.3) is 0 Å². The molecule has 1 aliphatic rings. The molecule has 0 heteroatoms. The Hall–Kier alpha value is 0. The second-order valence-corrected chi connectivity index (χ2v) is 8.10. The van der Waals surface area contributed by atoms with Crippen molar-refractivity contribution in [3.8, 4) is 0 Å². The Kier molecular flexibility index (Phi) is 12.2. The predicted octanol–water partition coefficient (Wildman–Crippen LogP) is 8.44. The highest BCUT2D eigenvalue weighted by Gasteiger charge is 2.28. The minimum absolute atomic E-state index is 0.735. The van der Waals surface area contributed by atoms with Gasteiger partial charge in [-0.25, -0.2) is 0 Å². The summed E-state index contributed by atoms with van der Waals surface area (Å²) in [6.07, 6.45) is 28.3. The van der Waals surface area contributed by atoms with Crippen molar-refractivity contribution in [2.24, 2.45) is 5.41 Å². The van der Waals surface area contributed by atoms with Crippen molar-refractivity contribution < 1.29 is 0 Å². The van der Waals surface area contributed by atoms with Crippen LogP contribution in [0.5, 0.6) is 0 Å². The summed E-state index contributed by atoms with van der Waals surface area (Å²) in [6, 6.07) is 0. The minimum atomic E-state index is 0.735. The van der Waals surface area contributed by atoms with E-state index in [1.165, 1.54) is 96.3 Å². The number of rotatable bonds is 10. The molecule has 0 atom stereocenters. The van der Waals surface area contributed by atoms with Gasteiger partial charge in [-0.05, 0) is 31.1 Å². The van der Waals surface area contributed by atoms with E-state index >= 15 is 0 Å². The lowest BCUT2D eigenvalue weighted by Gasteiger charge is -2.35. The van der Waals surface area contributed by atoms with E-state index in [1.807, 2.05) is 0 Å². The van der Waals surface area contributed by atoms with E-state index in [2.05, 4.69) is 13.8 Å². The predicted molar refractivity (Wildman–Crippen MR) is 102 cm³/mol. The second-order valence-electron chi connectivity index (χ2n) is 8.10. The van der Waals surface area contributed by atoms with Gasteiger partial charge in [0.05, 0.1) is 0 Å². The van der Waals surface area contributed by atoms with E-state index in [9.17, 15) is 0 Å². The molecule has 0 aromatic carbocycles. The molecule has 0 radical (unpaired) electrons. The molecule has 1 saturated carbocycles. The molecule has 0 unspecified atom stereocenters. The van der Waals surface area contributed by atoms with Gasteiger partial charge in [0.25, 0.3) is 0 Å². The molecular formula is C22H44. The Balaban J connectivity index is 2.50. The lowest BCUT2D eigenvalue weighted by Crippen LogP contribution is -2.22. The van der Waals surface area contributed by atoms with Gasteiger partial charge in [0.15, 0.2) is 0 Å². The van der Waals surface area contributed by atoms with Crippen LogP contribution in [-0.4, -0.2) is 0 Å². The van der Waals surface area contributed by atoms with Crippen LogP contribution < -0.4 is 0 Å². The average Bonchev–Trinajstić information content (AvgIpc) is 2.54. The molecule has 0 aromatic heterocycles. The van der Waals surface area contributed by atoms with E-state index in [4.69, 9.17) is 0 Å². The summed E-state index contributed by atoms with van der Waals surface area (Å²) in [5.74, 6) is 0. The Labute approximate surface area is 141 Å². The summed E-state index contributed by atoms with van der Waals surface area (Å²) < 4.78 is 0. The molecule has 0 aromatic rings. The quantitative estimate of drug-likeness (QED) is 0.355. The van der Waals surface area contributed by atoms with Gasteiger partial charge in [0, 0.05) is 0 Å². The van der Waals surface area contributed by atoms with Crippen LogP contribution in [0.1, 0.15) is 136 Å². The Morgan fingerprint density at radius 1 is 0.500 bits per heavy atom. The summed E-state index contributed by atoms with van der Waals surface area (Å²) in [5, 5.41) is 0. The number of hydrogen-bond donors (Lipinski definition) is 0. The summed E-state index contributed by atoms with van der Waals surface area (Å²) in [5.41, 5.74) is 0.735. The molecule has 0 bridgehead atoms. The lowest BCUT2D eigenvalue weighted by molar-refractivity contribution is 0.169. The first-order chi connectivity index (χ1) is 10.8. The topological polar surface area (TPSA) is 0 Å². The van der Waals surface area contributed by atoms with E-state index < -0.39 is 0 Å². The fourth-order valence-electron chi connectivity index (χ4n) is 4.49. The van der Waals surface area contributed by atoms with Crippen LogP contribution in [-0.2, 0) is 0 Å². The van der Waals surface area contributed by atoms with Crippen LogP contribution in [0.2, 0.25) is 0 Å². The summed E-state index contributed by atoms with van der Waals surface area (Å²) in [6.45, 7) is 4.67. The van der Waals surface area contributed by atoms with E-state index in [-0.39, 0.29) is 0 Å². The van der Waals surface area contributed by atoms with Crippen LogP contribution in [0.15, 0.2) is 0 Å². The van der Waals surface area contributed by atoms with Gasteiger partial charge in [0.1, 0.15) is 0 Å². The van der Waals surface area contributed by atoms with Gasteiger partial charge in [-0.2, -0.15) is 0 Å². The van der Waals surface area contributed by atoms with Crippen molar-refractivity contribution in [1.82, 2.24) is 0 Å². The van der Waals surface area contributed by atoms with Gasteiger partial charge >= 0.3 is 0 Å². The maximum atomic E-state index is 2.34. The zero-order valence-corrected chi connectivity index (χ0v) is 15.9. The van der Waals surface area contributed by atoms with Crippen molar-refractivity contribution in [2.75, 3.05) is 0 Å². The zero-order valence-electron chi connectivity index (χ0n) is 15.9. The highest BCUT2D eigenvalue weighted by atomic mass is 14.3. The largest absolute Gasteiger partial charge is 0.0654 e. The molecule has 0 nitrogen and oxygen atoms in total. The Morgan fingerprint density at radius 2 is 0.909 bits per heavy atom. The molecule has 0 saturated heterocycles. The molecular weight excluding hydrogens is 264 g/mol. The van der Waals surface area contributed by atoms with Crippen LogP contribution in [0.4, 0.5) is 0 Å². The van der Waals surface area contributed by atoms with E-state index in [0.717, 1.165) is 5.41 Å². The molecule has 0 heterocycles. The van der Waals surface area contributed by atoms with Crippen molar-refractivity contribution >= 4 is 0 Å². The fourth-order valence-corrected chi connectivity index (χ4v) is 4.49. The molecule has 1 rings (SSSR count). The third-order valence-corrected chi connectivity index (χ3v) is 6.04. The van der Waals surface area contributed by atoms with Gasteiger partial charge in [-0.1, -0.05) is 110 Å². The SMILES string of the molecule is CCCCCCC1(CCCCCC)CCCCCCCCC1. The van der Waals surface area contributed by atoms with Crippen LogP contribution in [0.3, 0.4) is 0 Å². The molecule has 132 valence electrons. The smallest absolute Gasteiger partial charge is 0.0297 e. The monoisotopic (exact) mass is 308 g/mol. The van der Waals surface area contributed by atoms with Gasteiger partial charge in [0.2, 0.25) is 0 Å². The highest BCUT2D eigenvalue weighted by molar-refractivity contribution is 4.80. The van der Waals surface area contributed by atoms with Gasteiger partial charge in [-0.3, -0.25) is 0 Å². The summed E-state index contributed by atoms with van der Waals surface area (Å²) >= 11 is 0. The molecule has 1 aliphatic carbocycles.